The van der Waals surface area contributed by atoms with Crippen LogP contribution in [0.15, 0.2) is 52.2 Å². The van der Waals surface area contributed by atoms with E-state index in [9.17, 15) is 18.0 Å². The van der Waals surface area contributed by atoms with Gasteiger partial charge in [0.15, 0.2) is 0 Å². The first kappa shape index (κ1) is 19.8. The van der Waals surface area contributed by atoms with Gasteiger partial charge in [-0.3, -0.25) is 9.59 Å². The minimum Gasteiger partial charge on any atom is -0.326 e. The van der Waals surface area contributed by atoms with Crippen molar-refractivity contribution in [3.63, 3.8) is 0 Å². The molecule has 7 nitrogen and oxygen atoms in total. The SMILES string of the molecule is CC(=O)Nc1ccc(S(=O)(=O)NCc2cc3ccc(C)c(C)c3[nH]c2=O)cc1. The maximum atomic E-state index is 12.5. The summed E-state index contributed by atoms with van der Waals surface area (Å²) in [4.78, 5) is 26.3. The lowest BCUT2D eigenvalue weighted by atomic mass is 10.0. The summed E-state index contributed by atoms with van der Waals surface area (Å²) in [6.45, 7) is 5.14. The highest BCUT2D eigenvalue weighted by molar-refractivity contribution is 7.89. The van der Waals surface area contributed by atoms with Crippen LogP contribution in [-0.2, 0) is 21.4 Å². The molecule has 0 saturated carbocycles. The van der Waals surface area contributed by atoms with Gasteiger partial charge in [-0.05, 0) is 60.7 Å². The summed E-state index contributed by atoms with van der Waals surface area (Å²) in [7, 11) is -3.80. The lowest BCUT2D eigenvalue weighted by Gasteiger charge is -2.10. The lowest BCUT2D eigenvalue weighted by molar-refractivity contribution is -0.114. The number of rotatable bonds is 5. The van der Waals surface area contributed by atoms with Crippen LogP contribution < -0.4 is 15.6 Å². The molecule has 0 unspecified atom stereocenters. The first-order valence-electron chi connectivity index (χ1n) is 8.67. The summed E-state index contributed by atoms with van der Waals surface area (Å²) in [5, 5.41) is 3.42. The Hall–Kier alpha value is -2.97. The van der Waals surface area contributed by atoms with E-state index in [4.69, 9.17) is 0 Å². The predicted octanol–water partition coefficient (Wildman–Crippen LogP) is 2.58. The molecule has 0 aliphatic carbocycles. The molecule has 0 bridgehead atoms. The van der Waals surface area contributed by atoms with Crippen molar-refractivity contribution in [2.24, 2.45) is 0 Å². The fourth-order valence-corrected chi connectivity index (χ4v) is 3.88. The molecule has 28 heavy (non-hydrogen) atoms. The molecule has 1 aromatic heterocycles. The molecule has 1 amide bonds. The van der Waals surface area contributed by atoms with Gasteiger partial charge < -0.3 is 10.3 Å². The van der Waals surface area contributed by atoms with Gasteiger partial charge in [0.1, 0.15) is 0 Å². The summed E-state index contributed by atoms with van der Waals surface area (Å²) in [6, 6.07) is 11.3. The van der Waals surface area contributed by atoms with E-state index in [2.05, 4.69) is 15.0 Å². The summed E-state index contributed by atoms with van der Waals surface area (Å²) in [5.74, 6) is -0.241. The van der Waals surface area contributed by atoms with Crippen molar-refractivity contribution >= 4 is 32.5 Å². The van der Waals surface area contributed by atoms with Crippen LogP contribution in [0.1, 0.15) is 23.6 Å². The smallest absolute Gasteiger partial charge is 0.252 e. The van der Waals surface area contributed by atoms with Crippen molar-refractivity contribution in [2.45, 2.75) is 32.2 Å². The second-order valence-electron chi connectivity index (χ2n) is 6.63. The summed E-state index contributed by atoms with van der Waals surface area (Å²) < 4.78 is 27.5. The topological polar surface area (TPSA) is 108 Å². The van der Waals surface area contributed by atoms with Crippen LogP contribution in [0.5, 0.6) is 0 Å². The van der Waals surface area contributed by atoms with Gasteiger partial charge in [-0.25, -0.2) is 13.1 Å². The van der Waals surface area contributed by atoms with Crippen molar-refractivity contribution in [1.82, 2.24) is 9.71 Å². The van der Waals surface area contributed by atoms with Gasteiger partial charge in [0.2, 0.25) is 15.9 Å². The third-order valence-corrected chi connectivity index (χ3v) is 5.98. The zero-order valence-corrected chi connectivity index (χ0v) is 16.6. The number of aromatic nitrogens is 1. The van der Waals surface area contributed by atoms with E-state index in [1.807, 2.05) is 26.0 Å². The van der Waals surface area contributed by atoms with Crippen molar-refractivity contribution in [1.29, 1.82) is 0 Å². The number of anilines is 1. The maximum Gasteiger partial charge on any atom is 0.252 e. The van der Waals surface area contributed by atoms with E-state index in [0.717, 1.165) is 22.0 Å². The average molecular weight is 399 g/mol. The lowest BCUT2D eigenvalue weighted by Crippen LogP contribution is -2.27. The van der Waals surface area contributed by atoms with Gasteiger partial charge in [-0.15, -0.1) is 0 Å². The molecular weight excluding hydrogens is 378 g/mol. The first-order chi connectivity index (χ1) is 13.2. The fourth-order valence-electron chi connectivity index (χ4n) is 2.88. The number of aryl methyl sites for hydroxylation is 2. The monoisotopic (exact) mass is 399 g/mol. The number of hydrogen-bond acceptors (Lipinski definition) is 4. The van der Waals surface area contributed by atoms with Crippen molar-refractivity contribution in [2.75, 3.05) is 5.32 Å². The molecular formula is C20H21N3O4S. The Balaban J connectivity index is 1.82. The quantitative estimate of drug-likeness (QED) is 0.613. The second-order valence-corrected chi connectivity index (χ2v) is 8.39. The van der Waals surface area contributed by atoms with Crippen molar-refractivity contribution in [3.8, 4) is 0 Å². The molecule has 2 aromatic carbocycles. The van der Waals surface area contributed by atoms with Gasteiger partial charge in [0, 0.05) is 24.7 Å². The molecule has 0 radical (unpaired) electrons. The Labute approximate surface area is 162 Å². The van der Waals surface area contributed by atoms with E-state index >= 15 is 0 Å². The minimum absolute atomic E-state index is 0.0466. The Morgan fingerprint density at radius 2 is 1.75 bits per heavy atom. The Kier molecular flexibility index (Phi) is 5.35. The predicted molar refractivity (Wildman–Crippen MR) is 109 cm³/mol. The number of carbonyl (C=O) groups excluding carboxylic acids is 1. The molecule has 3 aromatic rings. The Morgan fingerprint density at radius 1 is 1.07 bits per heavy atom. The minimum atomic E-state index is -3.80. The van der Waals surface area contributed by atoms with Crippen LogP contribution in [0, 0.1) is 13.8 Å². The Morgan fingerprint density at radius 3 is 2.39 bits per heavy atom. The number of benzene rings is 2. The van der Waals surface area contributed by atoms with E-state index < -0.39 is 10.0 Å². The highest BCUT2D eigenvalue weighted by Crippen LogP contribution is 2.19. The summed E-state index contributed by atoms with van der Waals surface area (Å²) in [6.07, 6.45) is 0. The number of sulfonamides is 1. The molecule has 3 N–H and O–H groups in total. The van der Waals surface area contributed by atoms with Crippen LogP contribution >= 0.6 is 0 Å². The number of amides is 1. The third-order valence-electron chi connectivity index (χ3n) is 4.57. The van der Waals surface area contributed by atoms with Crippen LogP contribution in [0.2, 0.25) is 0 Å². The summed E-state index contributed by atoms with van der Waals surface area (Å²) >= 11 is 0. The Bertz CT molecular complexity index is 1210. The van der Waals surface area contributed by atoms with Crippen molar-refractivity contribution < 1.29 is 13.2 Å². The summed E-state index contributed by atoms with van der Waals surface area (Å²) in [5.41, 5.74) is 3.31. The molecule has 3 rings (SSSR count). The molecule has 8 heteroatoms. The van der Waals surface area contributed by atoms with Crippen molar-refractivity contribution in [3.05, 3.63) is 69.5 Å². The number of H-pyrrole nitrogens is 1. The van der Waals surface area contributed by atoms with Gasteiger partial charge in [-0.1, -0.05) is 12.1 Å². The van der Waals surface area contributed by atoms with Crippen LogP contribution in [0.4, 0.5) is 5.69 Å². The van der Waals surface area contributed by atoms with Crippen LogP contribution in [-0.4, -0.2) is 19.3 Å². The van der Waals surface area contributed by atoms with E-state index in [1.54, 1.807) is 6.07 Å². The van der Waals surface area contributed by atoms with Crippen LogP contribution in [0.25, 0.3) is 10.9 Å². The number of nitrogens with one attached hydrogen (secondary N) is 3. The zero-order chi connectivity index (χ0) is 20.5. The molecule has 0 atom stereocenters. The molecule has 146 valence electrons. The average Bonchev–Trinajstić information content (AvgIpc) is 2.64. The van der Waals surface area contributed by atoms with Gasteiger partial charge in [0.25, 0.3) is 5.56 Å². The standard InChI is InChI=1S/C20H21N3O4S/c1-12-4-5-15-10-16(20(25)23-19(15)13(12)2)11-21-28(26,27)18-8-6-17(7-9-18)22-14(3)24/h4-10,21H,11H2,1-3H3,(H,22,24)(H,23,25). The first-order valence-corrected chi connectivity index (χ1v) is 10.1. The second kappa shape index (κ2) is 7.57. The van der Waals surface area contributed by atoms with E-state index in [0.29, 0.717) is 11.3 Å². The largest absolute Gasteiger partial charge is 0.326 e. The highest BCUT2D eigenvalue weighted by Gasteiger charge is 2.15. The normalized spacial score (nSPS) is 11.5. The number of carbonyl (C=O) groups is 1. The van der Waals surface area contributed by atoms with Gasteiger partial charge in [0.05, 0.1) is 10.4 Å². The van der Waals surface area contributed by atoms with Gasteiger partial charge in [-0.2, -0.15) is 0 Å². The maximum absolute atomic E-state index is 12.5. The van der Waals surface area contributed by atoms with E-state index in [-0.39, 0.29) is 22.9 Å². The number of pyridine rings is 1. The fraction of sp³-hybridized carbons (Fsp3) is 0.200. The molecule has 0 aliphatic heterocycles. The van der Waals surface area contributed by atoms with Crippen LogP contribution in [0.3, 0.4) is 0 Å². The third kappa shape index (κ3) is 4.13. The molecule has 0 fully saturated rings. The number of hydrogen-bond donors (Lipinski definition) is 3. The van der Waals surface area contributed by atoms with Gasteiger partial charge >= 0.3 is 0 Å². The number of aromatic amines is 1. The molecule has 0 spiro atoms. The van der Waals surface area contributed by atoms with E-state index in [1.165, 1.54) is 31.2 Å². The number of fused-ring (bicyclic) bond motifs is 1. The molecule has 0 saturated heterocycles. The zero-order valence-electron chi connectivity index (χ0n) is 15.8. The highest BCUT2D eigenvalue weighted by atomic mass is 32.2. The molecule has 1 heterocycles. The molecule has 0 aliphatic rings.